The minimum absolute atomic E-state index is 0.211. The Morgan fingerprint density at radius 3 is 2.38 bits per heavy atom. The Kier molecular flexibility index (Phi) is 3.44. The molecule has 21 heavy (non-hydrogen) atoms. The number of hydrogen-bond acceptors (Lipinski definition) is 4. The third-order valence-electron chi connectivity index (χ3n) is 3.35. The van der Waals surface area contributed by atoms with Crippen LogP contribution < -0.4 is 10.5 Å². The molecule has 0 aliphatic heterocycles. The van der Waals surface area contributed by atoms with Crippen LogP contribution in [0.15, 0.2) is 48.5 Å². The smallest absolute Gasteiger partial charge is 0.231 e. The normalized spacial score (nSPS) is 11.0. The number of hydrogen-bond donors (Lipinski definition) is 1. The summed E-state index contributed by atoms with van der Waals surface area (Å²) in [4.78, 5) is 8.40. The highest BCUT2D eigenvalue weighted by atomic mass is 16.5. The van der Waals surface area contributed by atoms with Crippen molar-refractivity contribution in [1.29, 1.82) is 0 Å². The molecule has 3 aromatic rings. The van der Waals surface area contributed by atoms with Crippen LogP contribution in [-0.2, 0) is 0 Å². The highest BCUT2D eigenvalue weighted by molar-refractivity contribution is 5.84. The topological polar surface area (TPSA) is 61.0 Å². The first kappa shape index (κ1) is 13.4. The molecule has 0 saturated carbocycles. The van der Waals surface area contributed by atoms with Crippen LogP contribution in [0.25, 0.3) is 10.9 Å². The van der Waals surface area contributed by atoms with E-state index < -0.39 is 0 Å². The molecule has 0 atom stereocenters. The summed E-state index contributed by atoms with van der Waals surface area (Å²) in [6.45, 7) is 4.32. The quantitative estimate of drug-likeness (QED) is 0.783. The lowest BCUT2D eigenvalue weighted by atomic mass is 10.0. The molecule has 3 rings (SSSR count). The molecule has 0 amide bonds. The van der Waals surface area contributed by atoms with Gasteiger partial charge in [-0.2, -0.15) is 4.98 Å². The van der Waals surface area contributed by atoms with E-state index in [0.717, 1.165) is 16.7 Å². The van der Waals surface area contributed by atoms with Crippen LogP contribution in [0, 0.1) is 0 Å². The summed E-state index contributed by atoms with van der Waals surface area (Å²) in [5.41, 5.74) is 7.79. The fraction of sp³-hybridized carbons (Fsp3) is 0.176. The summed E-state index contributed by atoms with van der Waals surface area (Å²) >= 11 is 0. The number of rotatable bonds is 3. The Morgan fingerprint density at radius 2 is 1.67 bits per heavy atom. The summed E-state index contributed by atoms with van der Waals surface area (Å²) in [5, 5.41) is 0.847. The third kappa shape index (κ3) is 2.79. The number of benzene rings is 2. The van der Waals surface area contributed by atoms with Gasteiger partial charge < -0.3 is 10.5 Å². The first-order valence-corrected chi connectivity index (χ1v) is 6.93. The van der Waals surface area contributed by atoms with Crippen LogP contribution in [0.5, 0.6) is 11.6 Å². The Morgan fingerprint density at radius 1 is 0.952 bits per heavy atom. The van der Waals surface area contributed by atoms with Crippen molar-refractivity contribution in [3.63, 3.8) is 0 Å². The van der Waals surface area contributed by atoms with Crippen molar-refractivity contribution < 1.29 is 4.74 Å². The number of nitrogens with zero attached hydrogens (tertiary/aromatic N) is 2. The predicted molar refractivity (Wildman–Crippen MR) is 84.6 cm³/mol. The van der Waals surface area contributed by atoms with Crippen molar-refractivity contribution in [3.05, 3.63) is 54.1 Å². The van der Waals surface area contributed by atoms with Crippen LogP contribution in [0.3, 0.4) is 0 Å². The Bertz CT molecular complexity index is 767. The standard InChI is InChI=1S/C17H17N3O/c1-11(2)12-7-9-13(10-8-12)21-16-14-5-3-4-6-15(14)19-17(18)20-16/h3-11H,1-2H3,(H2,18,19,20). The zero-order chi connectivity index (χ0) is 14.8. The Hall–Kier alpha value is -2.62. The molecule has 0 spiro atoms. The minimum Gasteiger partial charge on any atom is -0.438 e. The van der Waals surface area contributed by atoms with Crippen molar-refractivity contribution in [2.45, 2.75) is 19.8 Å². The van der Waals surface area contributed by atoms with Gasteiger partial charge in [-0.1, -0.05) is 38.1 Å². The number of nitrogen functional groups attached to an aromatic ring is 1. The van der Waals surface area contributed by atoms with Gasteiger partial charge in [-0.05, 0) is 35.7 Å². The molecule has 0 fully saturated rings. The largest absolute Gasteiger partial charge is 0.438 e. The second-order valence-corrected chi connectivity index (χ2v) is 5.23. The summed E-state index contributed by atoms with van der Waals surface area (Å²) in [6, 6.07) is 15.7. The van der Waals surface area contributed by atoms with Crippen LogP contribution in [0.1, 0.15) is 25.3 Å². The maximum absolute atomic E-state index is 5.88. The lowest BCUT2D eigenvalue weighted by Gasteiger charge is -2.10. The molecule has 106 valence electrons. The fourth-order valence-corrected chi connectivity index (χ4v) is 2.17. The van der Waals surface area contributed by atoms with E-state index in [1.54, 1.807) is 0 Å². The maximum Gasteiger partial charge on any atom is 0.231 e. The van der Waals surface area contributed by atoms with Gasteiger partial charge in [-0.15, -0.1) is 0 Å². The number of anilines is 1. The van der Waals surface area contributed by atoms with E-state index in [4.69, 9.17) is 10.5 Å². The minimum atomic E-state index is 0.211. The lowest BCUT2D eigenvalue weighted by Crippen LogP contribution is -1.98. The SMILES string of the molecule is CC(C)c1ccc(Oc2nc(N)nc3ccccc23)cc1. The monoisotopic (exact) mass is 279 g/mol. The van der Waals surface area contributed by atoms with Crippen molar-refractivity contribution in [2.75, 3.05) is 5.73 Å². The molecule has 2 aromatic carbocycles. The molecule has 0 unspecified atom stereocenters. The highest BCUT2D eigenvalue weighted by Gasteiger charge is 2.08. The molecule has 0 radical (unpaired) electrons. The molecule has 1 heterocycles. The van der Waals surface area contributed by atoms with E-state index in [9.17, 15) is 0 Å². The Balaban J connectivity index is 1.97. The van der Waals surface area contributed by atoms with Gasteiger partial charge in [-0.25, -0.2) is 4.98 Å². The number of ether oxygens (including phenoxy) is 1. The van der Waals surface area contributed by atoms with Gasteiger partial charge in [0, 0.05) is 0 Å². The number of aromatic nitrogens is 2. The number of nitrogens with two attached hydrogens (primary N) is 1. The molecule has 4 nitrogen and oxygen atoms in total. The molecule has 0 aliphatic carbocycles. The number of para-hydroxylation sites is 1. The molecule has 0 saturated heterocycles. The van der Waals surface area contributed by atoms with E-state index in [0.29, 0.717) is 11.8 Å². The second-order valence-electron chi connectivity index (χ2n) is 5.23. The van der Waals surface area contributed by atoms with E-state index >= 15 is 0 Å². The van der Waals surface area contributed by atoms with Gasteiger partial charge in [0.25, 0.3) is 0 Å². The number of fused-ring (bicyclic) bond motifs is 1. The molecule has 2 N–H and O–H groups in total. The molecule has 4 heteroatoms. The third-order valence-corrected chi connectivity index (χ3v) is 3.35. The van der Waals surface area contributed by atoms with Crippen molar-refractivity contribution >= 4 is 16.9 Å². The van der Waals surface area contributed by atoms with Crippen LogP contribution in [-0.4, -0.2) is 9.97 Å². The lowest BCUT2D eigenvalue weighted by molar-refractivity contribution is 0.469. The van der Waals surface area contributed by atoms with Gasteiger partial charge in [0.2, 0.25) is 11.8 Å². The van der Waals surface area contributed by atoms with Gasteiger partial charge in [-0.3, -0.25) is 0 Å². The summed E-state index contributed by atoms with van der Waals surface area (Å²) in [7, 11) is 0. The van der Waals surface area contributed by atoms with Crippen LogP contribution >= 0.6 is 0 Å². The van der Waals surface area contributed by atoms with Crippen molar-refractivity contribution in [2.24, 2.45) is 0 Å². The van der Waals surface area contributed by atoms with Gasteiger partial charge in [0.1, 0.15) is 5.75 Å². The van der Waals surface area contributed by atoms with Crippen LogP contribution in [0.2, 0.25) is 0 Å². The molecular formula is C17H17N3O. The summed E-state index contributed by atoms with van der Waals surface area (Å²) < 4.78 is 5.88. The first-order valence-electron chi connectivity index (χ1n) is 6.93. The summed E-state index contributed by atoms with van der Waals surface area (Å²) in [5.74, 6) is 1.93. The maximum atomic E-state index is 5.88. The van der Waals surface area contributed by atoms with E-state index in [1.807, 2.05) is 36.4 Å². The van der Waals surface area contributed by atoms with Crippen molar-refractivity contribution in [1.82, 2.24) is 9.97 Å². The molecular weight excluding hydrogens is 262 g/mol. The molecule has 1 aromatic heterocycles. The average molecular weight is 279 g/mol. The molecule has 0 aliphatic rings. The zero-order valence-electron chi connectivity index (χ0n) is 12.1. The van der Waals surface area contributed by atoms with E-state index in [-0.39, 0.29) is 5.95 Å². The first-order chi connectivity index (χ1) is 10.1. The van der Waals surface area contributed by atoms with Gasteiger partial charge >= 0.3 is 0 Å². The molecule has 0 bridgehead atoms. The highest BCUT2D eigenvalue weighted by Crippen LogP contribution is 2.28. The Labute approximate surface area is 123 Å². The van der Waals surface area contributed by atoms with Crippen molar-refractivity contribution in [3.8, 4) is 11.6 Å². The van der Waals surface area contributed by atoms with Gasteiger partial charge in [0.05, 0.1) is 10.9 Å². The van der Waals surface area contributed by atoms with Gasteiger partial charge in [0.15, 0.2) is 0 Å². The second kappa shape index (κ2) is 5.40. The van der Waals surface area contributed by atoms with Crippen LogP contribution in [0.4, 0.5) is 5.95 Å². The van der Waals surface area contributed by atoms with E-state index in [2.05, 4.69) is 35.9 Å². The van der Waals surface area contributed by atoms with E-state index in [1.165, 1.54) is 5.56 Å². The zero-order valence-corrected chi connectivity index (χ0v) is 12.1. The average Bonchev–Trinajstić information content (AvgIpc) is 2.47. The fourth-order valence-electron chi connectivity index (χ4n) is 2.17. The summed E-state index contributed by atoms with van der Waals surface area (Å²) in [6.07, 6.45) is 0. The predicted octanol–water partition coefficient (Wildman–Crippen LogP) is 4.13.